The topological polar surface area (TPSA) is 29.1 Å². The summed E-state index contributed by atoms with van der Waals surface area (Å²) in [5.41, 5.74) is -0.636. The number of carbonyl (C=O) groups is 1. The molecule has 1 aliphatic rings. The zero-order valence-corrected chi connectivity index (χ0v) is 7.20. The van der Waals surface area contributed by atoms with Gasteiger partial charge in [0.1, 0.15) is 5.82 Å². The highest BCUT2D eigenvalue weighted by Crippen LogP contribution is 2.41. The number of fused-ring (bicyclic) bond motifs is 1. The number of carbonyl (C=O) groups excluding carboxylic acids is 1. The largest absolute Gasteiger partial charge is 0.352 e. The summed E-state index contributed by atoms with van der Waals surface area (Å²) in [5, 5.41) is 1.82. The molecule has 0 radical (unpaired) electrons. The molecule has 0 atom stereocenters. The Kier molecular flexibility index (Phi) is 1.61. The average molecular weight is 201 g/mol. The van der Waals surface area contributed by atoms with Crippen LogP contribution in [0.2, 0.25) is 0 Å². The maximum absolute atomic E-state index is 13.1. The minimum Gasteiger partial charge on any atom is -0.318 e. The van der Waals surface area contributed by atoms with Crippen LogP contribution in [-0.2, 0) is 10.7 Å². The highest BCUT2D eigenvalue weighted by Gasteiger charge is 2.49. The molecule has 1 heterocycles. The van der Waals surface area contributed by atoms with Crippen LogP contribution in [0.1, 0.15) is 11.1 Å². The number of hydrogen-bond donors (Lipinski definition) is 1. The van der Waals surface area contributed by atoms with Crippen molar-refractivity contribution in [1.29, 1.82) is 0 Å². The third-order valence-electron chi connectivity index (χ3n) is 2.10. The predicted molar refractivity (Wildman–Crippen MR) is 43.7 cm³/mol. The van der Waals surface area contributed by atoms with Gasteiger partial charge in [-0.25, -0.2) is 4.39 Å². The number of aryl methyl sites for hydroxylation is 1. The van der Waals surface area contributed by atoms with Crippen LogP contribution in [0.15, 0.2) is 12.1 Å². The second-order valence-electron chi connectivity index (χ2n) is 3.20. The molecule has 2 rings (SSSR count). The van der Waals surface area contributed by atoms with E-state index in [1.165, 1.54) is 6.92 Å². The summed E-state index contributed by atoms with van der Waals surface area (Å²) < 4.78 is 39.3. The Morgan fingerprint density at radius 3 is 2.64 bits per heavy atom. The van der Waals surface area contributed by atoms with Crippen molar-refractivity contribution < 1.29 is 18.0 Å². The van der Waals surface area contributed by atoms with Gasteiger partial charge in [0.05, 0.1) is 11.3 Å². The summed E-state index contributed by atoms with van der Waals surface area (Å²) in [5.74, 6) is -5.93. The minimum atomic E-state index is -3.62. The Labute approximate surface area is 77.7 Å². The Hall–Kier alpha value is -1.52. The maximum Gasteiger partial charge on any atom is 0.352 e. The van der Waals surface area contributed by atoms with E-state index in [0.29, 0.717) is 5.56 Å². The highest BCUT2D eigenvalue weighted by atomic mass is 19.3. The van der Waals surface area contributed by atoms with Gasteiger partial charge >= 0.3 is 5.92 Å². The second kappa shape index (κ2) is 2.50. The number of anilines is 1. The lowest BCUT2D eigenvalue weighted by molar-refractivity contribution is -0.139. The first-order chi connectivity index (χ1) is 6.43. The van der Waals surface area contributed by atoms with Crippen LogP contribution in [0.3, 0.4) is 0 Å². The molecule has 1 N–H and O–H groups in total. The Bertz CT molecular complexity index is 428. The molecular formula is C9H6F3NO. The van der Waals surface area contributed by atoms with E-state index in [2.05, 4.69) is 0 Å². The molecule has 0 saturated heterocycles. The molecule has 0 spiro atoms. The molecule has 2 nitrogen and oxygen atoms in total. The van der Waals surface area contributed by atoms with Crippen LogP contribution in [0.25, 0.3) is 0 Å². The molecule has 0 unspecified atom stereocenters. The fraction of sp³-hybridized carbons (Fsp3) is 0.222. The average Bonchev–Trinajstić information content (AvgIpc) is 2.28. The van der Waals surface area contributed by atoms with Crippen molar-refractivity contribution in [1.82, 2.24) is 0 Å². The Morgan fingerprint density at radius 1 is 1.36 bits per heavy atom. The van der Waals surface area contributed by atoms with E-state index in [4.69, 9.17) is 0 Å². The van der Waals surface area contributed by atoms with E-state index in [1.807, 2.05) is 5.32 Å². The highest BCUT2D eigenvalue weighted by molar-refractivity contribution is 6.04. The first-order valence-electron chi connectivity index (χ1n) is 3.93. The molecule has 0 bridgehead atoms. The van der Waals surface area contributed by atoms with E-state index >= 15 is 0 Å². The van der Waals surface area contributed by atoms with Crippen molar-refractivity contribution in [2.45, 2.75) is 12.8 Å². The molecule has 74 valence electrons. The van der Waals surface area contributed by atoms with Gasteiger partial charge in [-0.15, -0.1) is 0 Å². The van der Waals surface area contributed by atoms with Crippen molar-refractivity contribution in [2.75, 3.05) is 5.32 Å². The molecule has 1 aromatic carbocycles. The molecule has 0 saturated carbocycles. The van der Waals surface area contributed by atoms with Gasteiger partial charge in [0.2, 0.25) is 0 Å². The zero-order chi connectivity index (χ0) is 10.5. The second-order valence-corrected chi connectivity index (χ2v) is 3.20. The maximum atomic E-state index is 13.1. The normalized spacial score (nSPS) is 17.9. The lowest BCUT2D eigenvalue weighted by Crippen LogP contribution is -2.23. The van der Waals surface area contributed by atoms with Crippen molar-refractivity contribution in [3.05, 3.63) is 29.1 Å². The molecule has 0 aromatic heterocycles. The van der Waals surface area contributed by atoms with E-state index in [9.17, 15) is 18.0 Å². The van der Waals surface area contributed by atoms with E-state index in [0.717, 1.165) is 12.1 Å². The van der Waals surface area contributed by atoms with Crippen molar-refractivity contribution in [3.63, 3.8) is 0 Å². The summed E-state index contributed by atoms with van der Waals surface area (Å²) in [4.78, 5) is 10.8. The molecule has 0 aliphatic carbocycles. The Morgan fingerprint density at radius 2 is 2.00 bits per heavy atom. The van der Waals surface area contributed by atoms with Crippen LogP contribution >= 0.6 is 0 Å². The molecule has 1 aliphatic heterocycles. The molecule has 14 heavy (non-hydrogen) atoms. The smallest absolute Gasteiger partial charge is 0.318 e. The van der Waals surface area contributed by atoms with Crippen LogP contribution in [0, 0.1) is 12.7 Å². The van der Waals surface area contributed by atoms with Gasteiger partial charge in [0, 0.05) is 0 Å². The van der Waals surface area contributed by atoms with E-state index in [1.54, 1.807) is 0 Å². The monoisotopic (exact) mass is 201 g/mol. The predicted octanol–water partition coefficient (Wildman–Crippen LogP) is 2.18. The van der Waals surface area contributed by atoms with Crippen LogP contribution in [0.5, 0.6) is 0 Å². The number of nitrogens with one attached hydrogen (secondary N) is 1. The summed E-state index contributed by atoms with van der Waals surface area (Å²) in [6, 6.07) is 2.21. The first-order valence-corrected chi connectivity index (χ1v) is 3.93. The van der Waals surface area contributed by atoms with Crippen molar-refractivity contribution in [3.8, 4) is 0 Å². The van der Waals surface area contributed by atoms with Gasteiger partial charge in [-0.2, -0.15) is 8.78 Å². The number of amides is 1. The third kappa shape index (κ3) is 1.01. The molecule has 0 fully saturated rings. The quantitative estimate of drug-likeness (QED) is 0.684. The fourth-order valence-electron chi connectivity index (χ4n) is 1.43. The van der Waals surface area contributed by atoms with Crippen molar-refractivity contribution >= 4 is 11.6 Å². The van der Waals surface area contributed by atoms with Crippen molar-refractivity contribution in [2.24, 2.45) is 0 Å². The first kappa shape index (κ1) is 9.05. The minimum absolute atomic E-state index is 0.359. The SMILES string of the molecule is Cc1cc(F)c2c(c1)C(F)(F)C(=O)N2. The summed E-state index contributed by atoms with van der Waals surface area (Å²) in [7, 11) is 0. The zero-order valence-electron chi connectivity index (χ0n) is 7.20. The number of rotatable bonds is 0. The number of alkyl halides is 2. The van der Waals surface area contributed by atoms with Crippen LogP contribution in [0.4, 0.5) is 18.9 Å². The van der Waals surface area contributed by atoms with Gasteiger partial charge in [-0.3, -0.25) is 4.79 Å². The van der Waals surface area contributed by atoms with E-state index in [-0.39, 0.29) is 0 Å². The standard InChI is InChI=1S/C9H6F3NO/c1-4-2-5-7(6(10)3-4)13-8(14)9(5,11)12/h2-3H,1H3,(H,13,14). The number of benzene rings is 1. The van der Waals surface area contributed by atoms with Gasteiger partial charge in [0.25, 0.3) is 5.91 Å². The molecule has 5 heteroatoms. The van der Waals surface area contributed by atoms with Gasteiger partial charge in [0.15, 0.2) is 0 Å². The summed E-state index contributed by atoms with van der Waals surface area (Å²) in [6.07, 6.45) is 0. The van der Waals surface area contributed by atoms with Crippen LogP contribution < -0.4 is 5.32 Å². The fourth-order valence-corrected chi connectivity index (χ4v) is 1.43. The van der Waals surface area contributed by atoms with Crippen LogP contribution in [-0.4, -0.2) is 5.91 Å². The van der Waals surface area contributed by atoms with Gasteiger partial charge in [-0.05, 0) is 24.6 Å². The molecular weight excluding hydrogens is 195 g/mol. The lowest BCUT2D eigenvalue weighted by atomic mass is 10.1. The van der Waals surface area contributed by atoms with Gasteiger partial charge < -0.3 is 5.32 Å². The third-order valence-corrected chi connectivity index (χ3v) is 2.10. The molecule has 1 amide bonds. The summed E-state index contributed by atoms with van der Waals surface area (Å²) >= 11 is 0. The Balaban J connectivity index is 2.71. The number of hydrogen-bond acceptors (Lipinski definition) is 1. The summed E-state index contributed by atoms with van der Waals surface area (Å²) in [6.45, 7) is 1.49. The number of halogens is 3. The molecule has 1 aromatic rings. The van der Waals surface area contributed by atoms with E-state index < -0.39 is 28.9 Å². The van der Waals surface area contributed by atoms with Gasteiger partial charge in [-0.1, -0.05) is 0 Å². The lowest BCUT2D eigenvalue weighted by Gasteiger charge is -2.06.